The number of anilines is 1. The van der Waals surface area contributed by atoms with Gasteiger partial charge in [0.2, 0.25) is 5.91 Å². The van der Waals surface area contributed by atoms with E-state index < -0.39 is 0 Å². The highest BCUT2D eigenvalue weighted by Crippen LogP contribution is 2.08. The molecule has 0 saturated carbocycles. The fourth-order valence-corrected chi connectivity index (χ4v) is 1.69. The van der Waals surface area contributed by atoms with Crippen molar-refractivity contribution in [1.82, 2.24) is 14.5 Å². The van der Waals surface area contributed by atoms with Crippen molar-refractivity contribution in [3.8, 4) is 0 Å². The molecule has 1 aromatic rings. The maximum atomic E-state index is 11.7. The van der Waals surface area contributed by atoms with Crippen molar-refractivity contribution < 1.29 is 4.79 Å². The fraction of sp³-hybridized carbons (Fsp3) is 0.556. The van der Waals surface area contributed by atoms with Crippen LogP contribution in [0.2, 0.25) is 0 Å². The molecule has 76 valence electrons. The topological polar surface area (TPSA) is 64.2 Å². The predicted molar refractivity (Wildman–Crippen MR) is 52.5 cm³/mol. The lowest BCUT2D eigenvalue weighted by atomic mass is 10.4. The number of aromatic nitrogens is 2. The van der Waals surface area contributed by atoms with E-state index in [2.05, 4.69) is 4.98 Å². The molecule has 2 rings (SSSR count). The molecule has 2 heterocycles. The summed E-state index contributed by atoms with van der Waals surface area (Å²) in [5.74, 6) is 0.610. The van der Waals surface area contributed by atoms with E-state index in [0.29, 0.717) is 12.4 Å². The molecule has 1 amide bonds. The normalized spacial score (nSPS) is 16.1. The van der Waals surface area contributed by atoms with Gasteiger partial charge in [-0.05, 0) is 12.8 Å². The van der Waals surface area contributed by atoms with Gasteiger partial charge in [-0.3, -0.25) is 4.79 Å². The summed E-state index contributed by atoms with van der Waals surface area (Å²) in [6.07, 6.45) is 5.51. The number of likely N-dealkylation sites (tertiary alicyclic amines) is 1. The summed E-state index contributed by atoms with van der Waals surface area (Å²) < 4.78 is 1.72. The summed E-state index contributed by atoms with van der Waals surface area (Å²) in [4.78, 5) is 17.4. The van der Waals surface area contributed by atoms with Crippen LogP contribution in [0.5, 0.6) is 0 Å². The molecule has 0 radical (unpaired) electrons. The smallest absolute Gasteiger partial charge is 0.242 e. The highest BCUT2D eigenvalue weighted by molar-refractivity contribution is 5.76. The van der Waals surface area contributed by atoms with Gasteiger partial charge in [0.25, 0.3) is 0 Å². The summed E-state index contributed by atoms with van der Waals surface area (Å²) in [5, 5.41) is 0. The first-order chi connectivity index (χ1) is 6.75. The quantitative estimate of drug-likeness (QED) is 0.725. The number of imidazole rings is 1. The largest absolute Gasteiger partial charge is 0.382 e. The standard InChI is InChI=1S/C9H14N4O/c10-8-5-12(7-11-8)6-9(14)13-3-1-2-4-13/h5,7H,1-4,6,10H2. The van der Waals surface area contributed by atoms with Crippen molar-refractivity contribution in [1.29, 1.82) is 0 Å². The number of nitrogens with zero attached hydrogens (tertiary/aromatic N) is 3. The van der Waals surface area contributed by atoms with E-state index in [-0.39, 0.29) is 5.91 Å². The molecule has 0 aliphatic carbocycles. The Labute approximate surface area is 82.5 Å². The third-order valence-corrected chi connectivity index (χ3v) is 2.43. The van der Waals surface area contributed by atoms with Gasteiger partial charge in [-0.2, -0.15) is 0 Å². The molecule has 5 nitrogen and oxygen atoms in total. The van der Waals surface area contributed by atoms with E-state index >= 15 is 0 Å². The Hall–Kier alpha value is -1.52. The van der Waals surface area contributed by atoms with Gasteiger partial charge in [0.05, 0.1) is 6.33 Å². The number of hydrogen-bond acceptors (Lipinski definition) is 3. The first-order valence-corrected chi connectivity index (χ1v) is 4.81. The van der Waals surface area contributed by atoms with Crippen molar-refractivity contribution in [3.05, 3.63) is 12.5 Å². The maximum Gasteiger partial charge on any atom is 0.242 e. The Morgan fingerprint density at radius 1 is 1.50 bits per heavy atom. The van der Waals surface area contributed by atoms with Gasteiger partial charge in [-0.15, -0.1) is 0 Å². The van der Waals surface area contributed by atoms with E-state index in [4.69, 9.17) is 5.73 Å². The first kappa shape index (κ1) is 9.05. The molecule has 1 aliphatic heterocycles. The molecule has 1 aliphatic rings. The number of nitrogens with two attached hydrogens (primary N) is 1. The Morgan fingerprint density at radius 2 is 2.21 bits per heavy atom. The second-order valence-corrected chi connectivity index (χ2v) is 3.56. The van der Waals surface area contributed by atoms with Gasteiger partial charge in [0.15, 0.2) is 0 Å². The third-order valence-electron chi connectivity index (χ3n) is 2.43. The van der Waals surface area contributed by atoms with Gasteiger partial charge in [-0.25, -0.2) is 4.98 Å². The Morgan fingerprint density at radius 3 is 2.79 bits per heavy atom. The first-order valence-electron chi connectivity index (χ1n) is 4.81. The van der Waals surface area contributed by atoms with E-state index in [1.807, 2.05) is 4.90 Å². The Bertz CT molecular complexity index is 327. The molecule has 0 spiro atoms. The minimum atomic E-state index is 0.153. The lowest BCUT2D eigenvalue weighted by molar-refractivity contribution is -0.130. The van der Waals surface area contributed by atoms with Crippen LogP contribution in [0, 0.1) is 0 Å². The highest BCUT2D eigenvalue weighted by Gasteiger charge is 2.17. The van der Waals surface area contributed by atoms with E-state index in [9.17, 15) is 4.79 Å². The Kier molecular flexibility index (Phi) is 2.39. The van der Waals surface area contributed by atoms with Crippen molar-refractivity contribution in [2.75, 3.05) is 18.8 Å². The van der Waals surface area contributed by atoms with Gasteiger partial charge >= 0.3 is 0 Å². The minimum Gasteiger partial charge on any atom is -0.382 e. The van der Waals surface area contributed by atoms with Crippen LogP contribution in [0.25, 0.3) is 0 Å². The van der Waals surface area contributed by atoms with E-state index in [1.165, 1.54) is 0 Å². The van der Waals surface area contributed by atoms with Crippen molar-refractivity contribution in [2.45, 2.75) is 19.4 Å². The molecule has 14 heavy (non-hydrogen) atoms. The zero-order valence-electron chi connectivity index (χ0n) is 8.02. The maximum absolute atomic E-state index is 11.7. The second-order valence-electron chi connectivity index (χ2n) is 3.56. The number of nitrogen functional groups attached to an aromatic ring is 1. The van der Waals surface area contributed by atoms with Crippen LogP contribution in [-0.2, 0) is 11.3 Å². The van der Waals surface area contributed by atoms with Gasteiger partial charge in [0, 0.05) is 19.3 Å². The lowest BCUT2D eigenvalue weighted by Gasteiger charge is -2.14. The van der Waals surface area contributed by atoms with Gasteiger partial charge in [0.1, 0.15) is 12.4 Å². The predicted octanol–water partition coefficient (Wildman–Crippen LogP) is 0.0877. The van der Waals surface area contributed by atoms with Gasteiger partial charge in [-0.1, -0.05) is 0 Å². The van der Waals surface area contributed by atoms with E-state index in [1.54, 1.807) is 17.1 Å². The van der Waals surface area contributed by atoms with Crippen LogP contribution in [-0.4, -0.2) is 33.4 Å². The average molecular weight is 194 g/mol. The van der Waals surface area contributed by atoms with Crippen LogP contribution in [0.1, 0.15) is 12.8 Å². The number of carbonyl (C=O) groups excluding carboxylic acids is 1. The van der Waals surface area contributed by atoms with Gasteiger partial charge < -0.3 is 15.2 Å². The number of hydrogen-bond donors (Lipinski definition) is 1. The summed E-state index contributed by atoms with van der Waals surface area (Å²) in [5.41, 5.74) is 5.45. The molecule has 1 aromatic heterocycles. The molecule has 5 heteroatoms. The van der Waals surface area contributed by atoms with Crippen LogP contribution in [0.15, 0.2) is 12.5 Å². The summed E-state index contributed by atoms with van der Waals surface area (Å²) in [7, 11) is 0. The molecule has 0 unspecified atom stereocenters. The van der Waals surface area contributed by atoms with E-state index in [0.717, 1.165) is 25.9 Å². The zero-order valence-corrected chi connectivity index (χ0v) is 8.02. The molecular formula is C9H14N4O. The zero-order chi connectivity index (χ0) is 9.97. The van der Waals surface area contributed by atoms with Crippen molar-refractivity contribution in [3.63, 3.8) is 0 Å². The summed E-state index contributed by atoms with van der Waals surface area (Å²) >= 11 is 0. The molecule has 2 N–H and O–H groups in total. The monoisotopic (exact) mass is 194 g/mol. The Balaban J connectivity index is 1.93. The van der Waals surface area contributed by atoms with Crippen molar-refractivity contribution in [2.24, 2.45) is 0 Å². The van der Waals surface area contributed by atoms with Crippen molar-refractivity contribution >= 4 is 11.7 Å². The third kappa shape index (κ3) is 1.86. The highest BCUT2D eigenvalue weighted by atomic mass is 16.2. The summed E-state index contributed by atoms with van der Waals surface area (Å²) in [6, 6.07) is 0. The van der Waals surface area contributed by atoms with Crippen LogP contribution in [0.3, 0.4) is 0 Å². The van der Waals surface area contributed by atoms with Crippen LogP contribution < -0.4 is 5.73 Å². The number of amides is 1. The molecule has 1 saturated heterocycles. The minimum absolute atomic E-state index is 0.153. The molecule has 1 fully saturated rings. The summed E-state index contributed by atoms with van der Waals surface area (Å²) in [6.45, 7) is 2.14. The average Bonchev–Trinajstić information content (AvgIpc) is 2.75. The fourth-order valence-electron chi connectivity index (χ4n) is 1.69. The molecular weight excluding hydrogens is 180 g/mol. The molecule has 0 aromatic carbocycles. The number of rotatable bonds is 2. The SMILES string of the molecule is Nc1cn(CC(=O)N2CCCC2)cn1. The van der Waals surface area contributed by atoms with Crippen LogP contribution >= 0.6 is 0 Å². The molecule has 0 atom stereocenters. The lowest BCUT2D eigenvalue weighted by Crippen LogP contribution is -2.30. The second kappa shape index (κ2) is 3.69. The molecule has 0 bridgehead atoms. The van der Waals surface area contributed by atoms with Crippen LogP contribution in [0.4, 0.5) is 5.82 Å². The number of carbonyl (C=O) groups is 1.